The lowest BCUT2D eigenvalue weighted by molar-refractivity contribution is -0.147. The van der Waals surface area contributed by atoms with E-state index in [0.717, 1.165) is 5.69 Å². The van der Waals surface area contributed by atoms with E-state index in [4.69, 9.17) is 0 Å². The van der Waals surface area contributed by atoms with Crippen LogP contribution in [0.2, 0.25) is 0 Å². The molecular weight excluding hydrogens is 296 g/mol. The molecule has 1 N–H and O–H groups in total. The van der Waals surface area contributed by atoms with Crippen LogP contribution in [0.1, 0.15) is 30.0 Å². The smallest absolute Gasteiger partial charge is 0.312 e. The summed E-state index contributed by atoms with van der Waals surface area (Å²) in [6.45, 7) is 6.93. The normalized spacial score (nSPS) is 14.8. The van der Waals surface area contributed by atoms with E-state index in [1.54, 1.807) is 30.9 Å². The fourth-order valence-corrected chi connectivity index (χ4v) is 2.40. The summed E-state index contributed by atoms with van der Waals surface area (Å²) in [7, 11) is 0. The predicted octanol–water partition coefficient (Wildman–Crippen LogP) is 0.199. The molecule has 0 atom stereocenters. The van der Waals surface area contributed by atoms with E-state index in [9.17, 15) is 14.4 Å². The van der Waals surface area contributed by atoms with E-state index in [2.05, 4.69) is 10.3 Å². The number of amides is 3. The SMILES string of the molecule is Cc1cccc(C(=O)N2CCN(C(=O)C(=O)NC(C)C)CC2)n1. The first kappa shape index (κ1) is 16.9. The summed E-state index contributed by atoms with van der Waals surface area (Å²) in [4.78, 5) is 43.5. The number of carbonyl (C=O) groups is 3. The fourth-order valence-electron chi connectivity index (χ4n) is 2.40. The Hall–Kier alpha value is -2.44. The zero-order chi connectivity index (χ0) is 17.0. The summed E-state index contributed by atoms with van der Waals surface area (Å²) in [6.07, 6.45) is 0. The number of nitrogens with one attached hydrogen (secondary N) is 1. The van der Waals surface area contributed by atoms with Gasteiger partial charge in [0.05, 0.1) is 0 Å². The van der Waals surface area contributed by atoms with Gasteiger partial charge in [-0.05, 0) is 32.9 Å². The van der Waals surface area contributed by atoms with E-state index >= 15 is 0 Å². The number of piperazine rings is 1. The van der Waals surface area contributed by atoms with Crippen molar-refractivity contribution in [2.45, 2.75) is 26.8 Å². The summed E-state index contributed by atoms with van der Waals surface area (Å²) in [5.74, 6) is -1.29. The molecule has 0 aromatic carbocycles. The van der Waals surface area contributed by atoms with Crippen molar-refractivity contribution < 1.29 is 14.4 Å². The molecule has 7 nitrogen and oxygen atoms in total. The minimum Gasteiger partial charge on any atom is -0.346 e. The van der Waals surface area contributed by atoms with Crippen molar-refractivity contribution in [1.82, 2.24) is 20.1 Å². The summed E-state index contributed by atoms with van der Waals surface area (Å²) < 4.78 is 0. The van der Waals surface area contributed by atoms with Gasteiger partial charge in [0, 0.05) is 37.9 Å². The molecule has 23 heavy (non-hydrogen) atoms. The molecule has 0 bridgehead atoms. The molecule has 1 aromatic rings. The number of carbonyl (C=O) groups excluding carboxylic acids is 3. The largest absolute Gasteiger partial charge is 0.346 e. The molecule has 1 aromatic heterocycles. The third-order valence-electron chi connectivity index (χ3n) is 3.58. The summed E-state index contributed by atoms with van der Waals surface area (Å²) in [5.41, 5.74) is 1.19. The minimum atomic E-state index is -0.597. The van der Waals surface area contributed by atoms with Crippen molar-refractivity contribution in [2.24, 2.45) is 0 Å². The second-order valence-electron chi connectivity index (χ2n) is 5.88. The molecular formula is C16H22N4O3. The first-order valence-electron chi connectivity index (χ1n) is 7.71. The number of hydrogen-bond donors (Lipinski definition) is 1. The Morgan fingerprint density at radius 1 is 1.09 bits per heavy atom. The number of aromatic nitrogens is 1. The molecule has 0 saturated carbocycles. The molecule has 124 valence electrons. The van der Waals surface area contributed by atoms with Crippen LogP contribution in [-0.4, -0.2) is 64.7 Å². The van der Waals surface area contributed by atoms with Gasteiger partial charge in [-0.1, -0.05) is 6.07 Å². The van der Waals surface area contributed by atoms with Gasteiger partial charge < -0.3 is 15.1 Å². The second-order valence-corrected chi connectivity index (χ2v) is 5.88. The fraction of sp³-hybridized carbons (Fsp3) is 0.500. The molecule has 0 spiro atoms. The Labute approximate surface area is 135 Å². The van der Waals surface area contributed by atoms with Crippen LogP contribution in [0.5, 0.6) is 0 Å². The maximum atomic E-state index is 12.4. The number of pyridine rings is 1. The van der Waals surface area contributed by atoms with Crippen LogP contribution in [0, 0.1) is 6.92 Å². The molecule has 2 rings (SSSR count). The maximum Gasteiger partial charge on any atom is 0.312 e. The van der Waals surface area contributed by atoms with Gasteiger partial charge in [0.15, 0.2) is 0 Å². The van der Waals surface area contributed by atoms with E-state index in [1.165, 1.54) is 4.90 Å². The van der Waals surface area contributed by atoms with Gasteiger partial charge in [0.2, 0.25) is 0 Å². The molecule has 2 heterocycles. The monoisotopic (exact) mass is 318 g/mol. The third kappa shape index (κ3) is 4.28. The highest BCUT2D eigenvalue weighted by molar-refractivity contribution is 6.35. The van der Waals surface area contributed by atoms with Crippen LogP contribution >= 0.6 is 0 Å². The lowest BCUT2D eigenvalue weighted by atomic mass is 10.2. The van der Waals surface area contributed by atoms with Crippen molar-refractivity contribution in [3.63, 3.8) is 0 Å². The highest BCUT2D eigenvalue weighted by Crippen LogP contribution is 2.08. The van der Waals surface area contributed by atoms with E-state index < -0.39 is 11.8 Å². The summed E-state index contributed by atoms with van der Waals surface area (Å²) in [5, 5.41) is 2.59. The molecule has 0 radical (unpaired) electrons. The van der Waals surface area contributed by atoms with Gasteiger partial charge in [-0.15, -0.1) is 0 Å². The number of aryl methyl sites for hydroxylation is 1. The van der Waals surface area contributed by atoms with Crippen LogP contribution in [0.4, 0.5) is 0 Å². The Balaban J connectivity index is 1.92. The average molecular weight is 318 g/mol. The first-order valence-corrected chi connectivity index (χ1v) is 7.71. The predicted molar refractivity (Wildman–Crippen MR) is 84.7 cm³/mol. The van der Waals surface area contributed by atoms with Gasteiger partial charge in [0.1, 0.15) is 5.69 Å². The van der Waals surface area contributed by atoms with Crippen molar-refractivity contribution in [2.75, 3.05) is 26.2 Å². The van der Waals surface area contributed by atoms with Gasteiger partial charge >= 0.3 is 11.8 Å². The van der Waals surface area contributed by atoms with Crippen LogP contribution < -0.4 is 5.32 Å². The number of hydrogen-bond acceptors (Lipinski definition) is 4. The van der Waals surface area contributed by atoms with Gasteiger partial charge in [-0.25, -0.2) is 4.98 Å². The zero-order valence-electron chi connectivity index (χ0n) is 13.7. The van der Waals surface area contributed by atoms with Crippen LogP contribution in [0.25, 0.3) is 0 Å². The molecule has 1 saturated heterocycles. The van der Waals surface area contributed by atoms with E-state index in [0.29, 0.717) is 31.9 Å². The molecule has 3 amide bonds. The summed E-state index contributed by atoms with van der Waals surface area (Å²) in [6, 6.07) is 5.23. The lowest BCUT2D eigenvalue weighted by Gasteiger charge is -2.34. The quantitative estimate of drug-likeness (QED) is 0.790. The Kier molecular flexibility index (Phi) is 5.31. The lowest BCUT2D eigenvalue weighted by Crippen LogP contribution is -2.54. The molecule has 0 aliphatic carbocycles. The van der Waals surface area contributed by atoms with Crippen molar-refractivity contribution in [3.8, 4) is 0 Å². The van der Waals surface area contributed by atoms with Crippen LogP contribution in [-0.2, 0) is 9.59 Å². The van der Waals surface area contributed by atoms with Crippen LogP contribution in [0.3, 0.4) is 0 Å². The van der Waals surface area contributed by atoms with Crippen molar-refractivity contribution in [3.05, 3.63) is 29.6 Å². The Morgan fingerprint density at radius 2 is 1.70 bits per heavy atom. The Bertz CT molecular complexity index is 607. The van der Waals surface area contributed by atoms with E-state index in [-0.39, 0.29) is 11.9 Å². The first-order chi connectivity index (χ1) is 10.9. The standard InChI is InChI=1S/C16H22N4O3/c1-11(2)17-14(21)16(23)20-9-7-19(8-10-20)15(22)13-6-4-5-12(3)18-13/h4-6,11H,7-10H2,1-3H3,(H,17,21). The third-order valence-corrected chi connectivity index (χ3v) is 3.58. The Morgan fingerprint density at radius 3 is 2.26 bits per heavy atom. The molecule has 7 heteroatoms. The number of nitrogens with zero attached hydrogens (tertiary/aromatic N) is 3. The highest BCUT2D eigenvalue weighted by atomic mass is 16.2. The molecule has 0 unspecified atom stereocenters. The second kappa shape index (κ2) is 7.21. The average Bonchev–Trinajstić information content (AvgIpc) is 2.53. The topological polar surface area (TPSA) is 82.6 Å². The maximum absolute atomic E-state index is 12.4. The van der Waals surface area contributed by atoms with Crippen LogP contribution in [0.15, 0.2) is 18.2 Å². The zero-order valence-corrected chi connectivity index (χ0v) is 13.7. The van der Waals surface area contributed by atoms with E-state index in [1.807, 2.05) is 13.0 Å². The van der Waals surface area contributed by atoms with Gasteiger partial charge in [-0.3, -0.25) is 14.4 Å². The number of rotatable bonds is 2. The minimum absolute atomic E-state index is 0.0817. The van der Waals surface area contributed by atoms with Crippen molar-refractivity contribution >= 4 is 17.7 Å². The molecule has 1 aliphatic rings. The van der Waals surface area contributed by atoms with Gasteiger partial charge in [0.25, 0.3) is 5.91 Å². The summed E-state index contributed by atoms with van der Waals surface area (Å²) >= 11 is 0. The van der Waals surface area contributed by atoms with Gasteiger partial charge in [-0.2, -0.15) is 0 Å². The molecule has 1 fully saturated rings. The highest BCUT2D eigenvalue weighted by Gasteiger charge is 2.28. The molecule has 1 aliphatic heterocycles. The van der Waals surface area contributed by atoms with Crippen molar-refractivity contribution in [1.29, 1.82) is 0 Å².